The van der Waals surface area contributed by atoms with Crippen molar-refractivity contribution in [1.82, 2.24) is 0 Å². The van der Waals surface area contributed by atoms with Gasteiger partial charge < -0.3 is 43.7 Å². The standard InChI is InChI=1S/C24H30O6.C22H26O5/c1-5-22(26)29-16-19(25)15-28-20-11-7-17(8-12-20)24(3,4)18-9-13-21(14-10-18)30-23(27)6-2;1-5-21(24)27-15-18(23)14-26-20-12-8-17(9-13-20)22(2,3)16-6-10-19(25-4)11-7-16/h5,7-14,19,23,25,27H,1,6,15-16H2,2-4H3;5-13,18,23H,1,14-15H2,2-4H3. The average molecular weight is 785 g/mol. The maximum absolute atomic E-state index is 11.0. The zero-order valence-electron chi connectivity index (χ0n) is 33.7. The molecule has 3 atom stereocenters. The van der Waals surface area contributed by atoms with Crippen molar-refractivity contribution in [3.8, 4) is 23.0 Å². The highest BCUT2D eigenvalue weighted by molar-refractivity contribution is 5.81. The second-order valence-electron chi connectivity index (χ2n) is 14.1. The lowest BCUT2D eigenvalue weighted by molar-refractivity contribution is -0.142. The van der Waals surface area contributed by atoms with Gasteiger partial charge in [0.25, 0.3) is 0 Å². The largest absolute Gasteiger partial charge is 0.497 e. The number of carbonyl (C=O) groups excluding carboxylic acids is 2. The highest BCUT2D eigenvalue weighted by Gasteiger charge is 2.24. The lowest BCUT2D eigenvalue weighted by Crippen LogP contribution is -2.24. The van der Waals surface area contributed by atoms with Gasteiger partial charge in [-0.15, -0.1) is 0 Å². The minimum atomic E-state index is -0.919. The van der Waals surface area contributed by atoms with Gasteiger partial charge in [-0.3, -0.25) is 0 Å². The van der Waals surface area contributed by atoms with E-state index in [2.05, 4.69) is 53.0 Å². The number of esters is 2. The van der Waals surface area contributed by atoms with Gasteiger partial charge in [0.05, 0.1) is 7.11 Å². The molecule has 0 saturated carbocycles. The fourth-order valence-electron chi connectivity index (χ4n) is 5.42. The topological polar surface area (TPSA) is 150 Å². The van der Waals surface area contributed by atoms with Crippen LogP contribution in [0.5, 0.6) is 23.0 Å². The highest BCUT2D eigenvalue weighted by Crippen LogP contribution is 2.35. The van der Waals surface area contributed by atoms with E-state index in [0.29, 0.717) is 23.7 Å². The van der Waals surface area contributed by atoms with E-state index in [1.54, 1.807) is 7.11 Å². The average Bonchev–Trinajstić information content (AvgIpc) is 3.23. The third-order valence-corrected chi connectivity index (χ3v) is 9.22. The lowest BCUT2D eigenvalue weighted by atomic mass is 9.78. The molecule has 3 N–H and O–H groups in total. The van der Waals surface area contributed by atoms with Crippen molar-refractivity contribution in [2.24, 2.45) is 0 Å². The van der Waals surface area contributed by atoms with E-state index in [9.17, 15) is 24.9 Å². The molecule has 57 heavy (non-hydrogen) atoms. The number of ether oxygens (including phenoxy) is 6. The summed E-state index contributed by atoms with van der Waals surface area (Å²) in [5.74, 6) is 1.56. The van der Waals surface area contributed by atoms with Crippen LogP contribution in [-0.2, 0) is 29.9 Å². The van der Waals surface area contributed by atoms with Crippen LogP contribution < -0.4 is 18.9 Å². The van der Waals surface area contributed by atoms with Crippen LogP contribution in [0.4, 0.5) is 0 Å². The molecule has 0 aliphatic rings. The SMILES string of the molecule is C=CC(=O)OCC(O)COc1ccc(C(C)(C)c2ccc(OC(O)CC)cc2)cc1.C=CC(=O)OCC(O)COc1ccc(C(C)(C)c2ccc(OC)cc2)cc1. The molecule has 11 heteroatoms. The lowest BCUT2D eigenvalue weighted by Gasteiger charge is -2.26. The van der Waals surface area contributed by atoms with Crippen LogP contribution in [0, 0.1) is 0 Å². The van der Waals surface area contributed by atoms with E-state index in [1.165, 1.54) is 5.56 Å². The highest BCUT2D eigenvalue weighted by atomic mass is 16.6. The number of hydrogen-bond acceptors (Lipinski definition) is 11. The van der Waals surface area contributed by atoms with Crippen molar-refractivity contribution in [3.63, 3.8) is 0 Å². The van der Waals surface area contributed by atoms with Crippen LogP contribution in [0.1, 0.15) is 63.3 Å². The molecule has 306 valence electrons. The number of carbonyl (C=O) groups is 2. The molecule has 0 fully saturated rings. The van der Waals surface area contributed by atoms with Crippen LogP contribution in [-0.4, -0.2) is 79.3 Å². The Balaban J connectivity index is 0.000000307. The summed E-state index contributed by atoms with van der Waals surface area (Å²) in [5, 5.41) is 29.2. The predicted molar refractivity (Wildman–Crippen MR) is 219 cm³/mol. The fourth-order valence-corrected chi connectivity index (χ4v) is 5.42. The van der Waals surface area contributed by atoms with Gasteiger partial charge in [-0.2, -0.15) is 0 Å². The van der Waals surface area contributed by atoms with Crippen LogP contribution >= 0.6 is 0 Å². The first-order chi connectivity index (χ1) is 27.1. The van der Waals surface area contributed by atoms with E-state index in [-0.39, 0.29) is 37.3 Å². The van der Waals surface area contributed by atoms with Gasteiger partial charge in [0.2, 0.25) is 0 Å². The molecule has 0 amide bonds. The van der Waals surface area contributed by atoms with E-state index in [4.69, 9.17) is 28.4 Å². The predicted octanol–water partition coefficient (Wildman–Crippen LogP) is 7.08. The molecule has 4 rings (SSSR count). The molecule has 4 aromatic rings. The monoisotopic (exact) mass is 784 g/mol. The zero-order valence-corrected chi connectivity index (χ0v) is 33.7. The van der Waals surface area contributed by atoms with E-state index >= 15 is 0 Å². The molecular formula is C46H56O11. The summed E-state index contributed by atoms with van der Waals surface area (Å²) >= 11 is 0. The van der Waals surface area contributed by atoms with Gasteiger partial charge in [-0.1, -0.05) is 96.3 Å². The van der Waals surface area contributed by atoms with Crippen molar-refractivity contribution in [2.45, 2.75) is 70.4 Å². The van der Waals surface area contributed by atoms with E-state index in [0.717, 1.165) is 34.6 Å². The first-order valence-corrected chi connectivity index (χ1v) is 18.6. The summed E-state index contributed by atoms with van der Waals surface area (Å²) < 4.78 is 31.3. The fraction of sp³-hybridized carbons (Fsp3) is 0.348. The summed E-state index contributed by atoms with van der Waals surface area (Å²) in [6, 6.07) is 31.1. The normalized spacial score (nSPS) is 12.7. The van der Waals surface area contributed by atoms with E-state index in [1.807, 2.05) is 91.9 Å². The van der Waals surface area contributed by atoms with Gasteiger partial charge in [-0.05, 0) is 70.8 Å². The third kappa shape index (κ3) is 14.4. The van der Waals surface area contributed by atoms with Crippen molar-refractivity contribution in [1.29, 1.82) is 0 Å². The van der Waals surface area contributed by atoms with Crippen molar-refractivity contribution in [3.05, 3.63) is 145 Å². The maximum atomic E-state index is 11.0. The number of aliphatic hydroxyl groups is 3. The second kappa shape index (κ2) is 22.2. The molecular weight excluding hydrogens is 728 g/mol. The Labute approximate surface area is 336 Å². The van der Waals surface area contributed by atoms with Crippen LogP contribution in [0.15, 0.2) is 122 Å². The van der Waals surface area contributed by atoms with Gasteiger partial charge in [0, 0.05) is 29.4 Å². The maximum Gasteiger partial charge on any atom is 0.330 e. The molecule has 11 nitrogen and oxygen atoms in total. The van der Waals surface area contributed by atoms with E-state index < -0.39 is 30.4 Å². The molecule has 0 aliphatic carbocycles. The molecule has 4 aromatic carbocycles. The summed E-state index contributed by atoms with van der Waals surface area (Å²) in [6.07, 6.45) is 0.00358. The summed E-state index contributed by atoms with van der Waals surface area (Å²) in [4.78, 5) is 22.0. The third-order valence-electron chi connectivity index (χ3n) is 9.22. The Morgan fingerprint density at radius 3 is 1.18 bits per heavy atom. The summed E-state index contributed by atoms with van der Waals surface area (Å²) in [7, 11) is 1.65. The van der Waals surface area contributed by atoms with Crippen LogP contribution in [0.2, 0.25) is 0 Å². The minimum absolute atomic E-state index is 0.0121. The number of aliphatic hydroxyl groups excluding tert-OH is 3. The number of hydrogen-bond donors (Lipinski definition) is 3. The molecule has 0 heterocycles. The van der Waals surface area contributed by atoms with Crippen LogP contribution in [0.25, 0.3) is 0 Å². The molecule has 0 bridgehead atoms. The Hall–Kier alpha value is -5.62. The molecule has 0 radical (unpaired) electrons. The quantitative estimate of drug-likeness (QED) is 0.0480. The minimum Gasteiger partial charge on any atom is -0.497 e. The number of methoxy groups -OCH3 is 1. The first kappa shape index (κ1) is 45.8. The first-order valence-electron chi connectivity index (χ1n) is 18.6. The zero-order chi connectivity index (χ0) is 42.0. The molecule has 0 aliphatic heterocycles. The molecule has 3 unspecified atom stereocenters. The smallest absolute Gasteiger partial charge is 0.330 e. The van der Waals surface area contributed by atoms with Crippen molar-refractivity contribution in [2.75, 3.05) is 33.5 Å². The molecule has 0 saturated heterocycles. The Morgan fingerprint density at radius 1 is 0.561 bits per heavy atom. The van der Waals surface area contributed by atoms with Gasteiger partial charge in [-0.25, -0.2) is 9.59 Å². The second-order valence-corrected chi connectivity index (χ2v) is 14.1. The van der Waals surface area contributed by atoms with Crippen LogP contribution in [0.3, 0.4) is 0 Å². The van der Waals surface area contributed by atoms with Crippen molar-refractivity contribution >= 4 is 11.9 Å². The number of rotatable bonds is 20. The Bertz CT molecular complexity index is 1830. The molecule has 0 aromatic heterocycles. The molecule has 0 spiro atoms. The summed E-state index contributed by atoms with van der Waals surface area (Å²) in [5.41, 5.74) is 4.09. The number of benzene rings is 4. The summed E-state index contributed by atoms with van der Waals surface area (Å²) in [6.45, 7) is 16.8. The Morgan fingerprint density at radius 2 is 0.877 bits per heavy atom. The van der Waals surface area contributed by atoms with Gasteiger partial charge >= 0.3 is 11.9 Å². The van der Waals surface area contributed by atoms with Gasteiger partial charge in [0.15, 0.2) is 6.29 Å². The van der Waals surface area contributed by atoms with Crippen molar-refractivity contribution < 1.29 is 53.3 Å². The van der Waals surface area contributed by atoms with Gasteiger partial charge in [0.1, 0.15) is 61.6 Å². The Kier molecular flexibility index (Phi) is 17.8.